The first-order valence-corrected chi connectivity index (χ1v) is 9.53. The van der Waals surface area contributed by atoms with E-state index in [9.17, 15) is 9.90 Å². The number of carbonyl (C=O) groups excluding carboxylic acids is 1. The average molecular weight is 548 g/mol. The van der Waals surface area contributed by atoms with Crippen molar-refractivity contribution in [1.82, 2.24) is 5.32 Å². The van der Waals surface area contributed by atoms with E-state index in [1.54, 1.807) is 6.08 Å². The van der Waals surface area contributed by atoms with Gasteiger partial charge in [-0.05, 0) is 87.3 Å². The lowest BCUT2D eigenvalue weighted by molar-refractivity contribution is -0.115. The number of rotatable bonds is 2. The van der Waals surface area contributed by atoms with Crippen LogP contribution in [0.4, 0.5) is 5.69 Å². The molecule has 3 rings (SSSR count). The van der Waals surface area contributed by atoms with Gasteiger partial charge in [0.1, 0.15) is 5.75 Å². The van der Waals surface area contributed by atoms with E-state index in [1.807, 2.05) is 42.5 Å². The Balaban J connectivity index is 1.90. The predicted molar refractivity (Wildman–Crippen MR) is 111 cm³/mol. The van der Waals surface area contributed by atoms with Crippen LogP contribution in [0.15, 0.2) is 52.4 Å². The molecule has 2 N–H and O–H groups in total. The molecule has 0 aromatic heterocycles. The molecule has 1 aliphatic heterocycles. The van der Waals surface area contributed by atoms with Crippen molar-refractivity contribution in [3.8, 4) is 5.75 Å². The van der Waals surface area contributed by atoms with Gasteiger partial charge >= 0.3 is 0 Å². The molecule has 0 saturated carbocycles. The lowest BCUT2D eigenvalue weighted by atomic mass is 10.2. The number of amidine groups is 1. The van der Waals surface area contributed by atoms with Crippen molar-refractivity contribution in [3.63, 3.8) is 0 Å². The number of amides is 1. The summed E-state index contributed by atoms with van der Waals surface area (Å²) in [7, 11) is 0. The third-order valence-electron chi connectivity index (χ3n) is 2.98. The summed E-state index contributed by atoms with van der Waals surface area (Å²) in [5.41, 5.74) is 1.41. The molecule has 2 aromatic carbocycles. The Labute approximate surface area is 164 Å². The van der Waals surface area contributed by atoms with Crippen molar-refractivity contribution >= 4 is 79.8 Å². The Bertz CT molecular complexity index is 835. The number of nitrogens with one attached hydrogen (secondary N) is 1. The molecule has 7 heteroatoms. The summed E-state index contributed by atoms with van der Waals surface area (Å²) in [5.74, 6) is -0.0293. The van der Waals surface area contributed by atoms with E-state index in [0.717, 1.165) is 12.8 Å². The van der Waals surface area contributed by atoms with Gasteiger partial charge in [0.25, 0.3) is 5.91 Å². The average Bonchev–Trinajstić information content (AvgIpc) is 2.85. The van der Waals surface area contributed by atoms with E-state index >= 15 is 0 Å². The number of thioether (sulfide) groups is 1. The van der Waals surface area contributed by atoms with Crippen LogP contribution in [-0.4, -0.2) is 16.2 Å². The smallest absolute Gasteiger partial charge is 0.264 e. The first kappa shape index (κ1) is 16.8. The molecule has 0 radical (unpaired) electrons. The minimum Gasteiger partial charge on any atom is -0.506 e. The summed E-state index contributed by atoms with van der Waals surface area (Å²) in [4.78, 5) is 17.0. The number of aromatic hydroxyl groups is 1. The number of benzene rings is 2. The number of aliphatic imine (C=N–C) groups is 1. The van der Waals surface area contributed by atoms with Crippen molar-refractivity contribution in [2.24, 2.45) is 4.99 Å². The monoisotopic (exact) mass is 548 g/mol. The second-order valence-corrected chi connectivity index (χ2v) is 8.08. The van der Waals surface area contributed by atoms with Crippen molar-refractivity contribution in [2.75, 3.05) is 0 Å². The van der Waals surface area contributed by atoms with Crippen LogP contribution in [0.3, 0.4) is 0 Å². The Hall–Kier alpha value is -1.07. The molecule has 0 aliphatic carbocycles. The zero-order chi connectivity index (χ0) is 16.4. The van der Waals surface area contributed by atoms with E-state index in [4.69, 9.17) is 0 Å². The molecule has 0 spiro atoms. The first-order chi connectivity index (χ1) is 11.0. The lowest BCUT2D eigenvalue weighted by Gasteiger charge is -2.03. The van der Waals surface area contributed by atoms with Gasteiger partial charge in [-0.1, -0.05) is 18.2 Å². The number of nitrogens with zero attached hydrogens (tertiary/aromatic N) is 1. The van der Waals surface area contributed by atoms with Crippen LogP contribution in [0.5, 0.6) is 5.75 Å². The third-order valence-corrected chi connectivity index (χ3v) is 5.34. The third kappa shape index (κ3) is 4.07. The van der Waals surface area contributed by atoms with Gasteiger partial charge < -0.3 is 10.4 Å². The maximum absolute atomic E-state index is 12.1. The molecule has 23 heavy (non-hydrogen) atoms. The van der Waals surface area contributed by atoms with Gasteiger partial charge in [-0.3, -0.25) is 4.79 Å². The molecule has 0 atom stereocenters. The SMILES string of the molecule is O=C1NC(=Nc2ccccc2)SC1=Cc1cc(I)cc(I)c1O. The summed E-state index contributed by atoms with van der Waals surface area (Å²) in [6.45, 7) is 0. The summed E-state index contributed by atoms with van der Waals surface area (Å²) in [6.07, 6.45) is 1.69. The molecule has 1 fully saturated rings. The number of phenolic OH excluding ortho intramolecular Hbond substituents is 1. The fraction of sp³-hybridized carbons (Fsp3) is 0. The zero-order valence-electron chi connectivity index (χ0n) is 11.6. The van der Waals surface area contributed by atoms with Crippen LogP contribution < -0.4 is 5.32 Å². The normalized spacial score (nSPS) is 17.7. The molecule has 1 aliphatic rings. The minimum atomic E-state index is -0.210. The molecule has 2 aromatic rings. The molecule has 4 nitrogen and oxygen atoms in total. The van der Waals surface area contributed by atoms with Crippen molar-refractivity contribution in [2.45, 2.75) is 0 Å². The minimum absolute atomic E-state index is 0.181. The van der Waals surface area contributed by atoms with Gasteiger partial charge in [-0.15, -0.1) is 0 Å². The van der Waals surface area contributed by atoms with Gasteiger partial charge in [0.15, 0.2) is 5.17 Å². The van der Waals surface area contributed by atoms with E-state index < -0.39 is 0 Å². The fourth-order valence-electron chi connectivity index (χ4n) is 1.94. The maximum atomic E-state index is 12.1. The van der Waals surface area contributed by atoms with Gasteiger partial charge in [-0.2, -0.15) is 0 Å². The van der Waals surface area contributed by atoms with Crippen molar-refractivity contribution in [3.05, 3.63) is 60.1 Å². The highest BCUT2D eigenvalue weighted by atomic mass is 127. The van der Waals surface area contributed by atoms with E-state index in [2.05, 4.69) is 55.5 Å². The van der Waals surface area contributed by atoms with Gasteiger partial charge in [-0.25, -0.2) is 4.99 Å². The molecule has 0 bridgehead atoms. The van der Waals surface area contributed by atoms with Crippen LogP contribution in [0.25, 0.3) is 6.08 Å². The van der Waals surface area contributed by atoms with E-state index in [1.165, 1.54) is 11.8 Å². The van der Waals surface area contributed by atoms with Crippen LogP contribution in [0.2, 0.25) is 0 Å². The first-order valence-electron chi connectivity index (χ1n) is 6.55. The Morgan fingerprint density at radius 3 is 2.65 bits per heavy atom. The molecule has 1 amide bonds. The Kier molecular flexibility index (Phi) is 5.27. The molecule has 1 heterocycles. The zero-order valence-corrected chi connectivity index (χ0v) is 16.7. The summed E-state index contributed by atoms with van der Waals surface area (Å²) in [5, 5.41) is 13.4. The molecule has 0 unspecified atom stereocenters. The van der Waals surface area contributed by atoms with Crippen LogP contribution in [0, 0.1) is 7.14 Å². The van der Waals surface area contributed by atoms with Crippen LogP contribution in [-0.2, 0) is 4.79 Å². The number of hydrogen-bond acceptors (Lipinski definition) is 4. The standard InChI is InChI=1S/C16H10I2N2O2S/c17-10-6-9(14(21)12(18)8-10)7-13-15(22)20-16(23-13)19-11-4-2-1-3-5-11/h1-8,21H,(H,19,20,22). The summed E-state index contributed by atoms with van der Waals surface area (Å²) in [6, 6.07) is 13.2. The Morgan fingerprint density at radius 2 is 1.91 bits per heavy atom. The number of para-hydroxylation sites is 1. The van der Waals surface area contributed by atoms with Crippen molar-refractivity contribution in [1.29, 1.82) is 0 Å². The fourth-order valence-corrected chi connectivity index (χ4v) is 4.66. The van der Waals surface area contributed by atoms with Crippen LogP contribution in [0.1, 0.15) is 5.56 Å². The molecular formula is C16H10I2N2O2S. The summed E-state index contributed by atoms with van der Waals surface area (Å²) < 4.78 is 1.75. The summed E-state index contributed by atoms with van der Waals surface area (Å²) >= 11 is 5.52. The largest absolute Gasteiger partial charge is 0.506 e. The van der Waals surface area contributed by atoms with E-state index in [-0.39, 0.29) is 11.7 Å². The van der Waals surface area contributed by atoms with Gasteiger partial charge in [0.05, 0.1) is 14.2 Å². The Morgan fingerprint density at radius 1 is 1.17 bits per heavy atom. The number of phenols is 1. The predicted octanol–water partition coefficient (Wildman–Crippen LogP) is 4.49. The number of carbonyl (C=O) groups is 1. The molecular weight excluding hydrogens is 538 g/mol. The second kappa shape index (κ2) is 7.22. The number of halogens is 2. The highest BCUT2D eigenvalue weighted by molar-refractivity contribution is 14.1. The number of hydrogen-bond donors (Lipinski definition) is 2. The lowest BCUT2D eigenvalue weighted by Crippen LogP contribution is -2.19. The molecule has 116 valence electrons. The highest BCUT2D eigenvalue weighted by Crippen LogP contribution is 2.33. The van der Waals surface area contributed by atoms with Crippen molar-refractivity contribution < 1.29 is 9.90 Å². The van der Waals surface area contributed by atoms with E-state index in [0.29, 0.717) is 15.6 Å². The quantitative estimate of drug-likeness (QED) is 0.430. The maximum Gasteiger partial charge on any atom is 0.264 e. The highest BCUT2D eigenvalue weighted by Gasteiger charge is 2.24. The topological polar surface area (TPSA) is 61.7 Å². The van der Waals surface area contributed by atoms with Crippen LogP contribution >= 0.6 is 56.9 Å². The van der Waals surface area contributed by atoms with Gasteiger partial charge in [0, 0.05) is 9.13 Å². The second-order valence-electron chi connectivity index (χ2n) is 4.64. The van der Waals surface area contributed by atoms with Gasteiger partial charge in [0.2, 0.25) is 0 Å². The molecule has 1 saturated heterocycles.